The van der Waals surface area contributed by atoms with Crippen LogP contribution in [-0.2, 0) is 0 Å². The van der Waals surface area contributed by atoms with Crippen LogP contribution >= 0.6 is 0 Å². The highest BCUT2D eigenvalue weighted by atomic mass is 16.5. The summed E-state index contributed by atoms with van der Waals surface area (Å²) in [5, 5.41) is 9.35. The Kier molecular flexibility index (Phi) is 4.90. The van der Waals surface area contributed by atoms with E-state index in [0.29, 0.717) is 29.4 Å². The molecule has 1 aliphatic rings. The Morgan fingerprint density at radius 1 is 1.24 bits per heavy atom. The molecule has 1 heterocycles. The van der Waals surface area contributed by atoms with Gasteiger partial charge in [0.1, 0.15) is 0 Å². The Hall–Kier alpha value is -1.95. The number of hydrogen-bond acceptors (Lipinski definition) is 5. The number of hydrogen-bond donors (Lipinski definition) is 1. The van der Waals surface area contributed by atoms with Gasteiger partial charge in [0.25, 0.3) is 5.91 Å². The van der Waals surface area contributed by atoms with E-state index in [1.807, 2.05) is 0 Å². The number of amides is 1. The van der Waals surface area contributed by atoms with Crippen molar-refractivity contribution in [3.8, 4) is 17.2 Å². The van der Waals surface area contributed by atoms with Crippen molar-refractivity contribution >= 4 is 5.91 Å². The van der Waals surface area contributed by atoms with Crippen LogP contribution in [0.15, 0.2) is 12.1 Å². The van der Waals surface area contributed by atoms with Crippen LogP contribution in [0.1, 0.15) is 23.2 Å². The molecule has 0 radical (unpaired) electrons. The first-order valence-electron chi connectivity index (χ1n) is 6.88. The third-order valence-electron chi connectivity index (χ3n) is 3.76. The highest BCUT2D eigenvalue weighted by Crippen LogP contribution is 2.38. The first kappa shape index (κ1) is 15.4. The minimum Gasteiger partial charge on any atom is -0.493 e. The van der Waals surface area contributed by atoms with Gasteiger partial charge in [-0.05, 0) is 25.0 Å². The second kappa shape index (κ2) is 6.67. The fourth-order valence-corrected chi connectivity index (χ4v) is 2.66. The lowest BCUT2D eigenvalue weighted by Crippen LogP contribution is -2.37. The van der Waals surface area contributed by atoms with Gasteiger partial charge in [-0.3, -0.25) is 4.79 Å². The van der Waals surface area contributed by atoms with Crippen molar-refractivity contribution in [2.75, 3.05) is 34.5 Å². The van der Waals surface area contributed by atoms with Crippen LogP contribution in [0, 0.1) is 0 Å². The van der Waals surface area contributed by atoms with Crippen LogP contribution < -0.4 is 14.2 Å². The second-order valence-corrected chi connectivity index (χ2v) is 4.89. The zero-order valence-electron chi connectivity index (χ0n) is 12.6. The van der Waals surface area contributed by atoms with Gasteiger partial charge in [-0.1, -0.05) is 0 Å². The van der Waals surface area contributed by atoms with Crippen molar-refractivity contribution < 1.29 is 24.1 Å². The molecular weight excluding hydrogens is 274 g/mol. The van der Waals surface area contributed by atoms with Gasteiger partial charge in [0.2, 0.25) is 5.75 Å². The van der Waals surface area contributed by atoms with Crippen LogP contribution in [0.4, 0.5) is 0 Å². The minimum atomic E-state index is -0.134. The van der Waals surface area contributed by atoms with Gasteiger partial charge >= 0.3 is 0 Å². The molecule has 1 aromatic carbocycles. The minimum absolute atomic E-state index is 0.0177. The fraction of sp³-hybridized carbons (Fsp3) is 0.533. The van der Waals surface area contributed by atoms with Crippen LogP contribution in [0.25, 0.3) is 0 Å². The molecule has 1 aliphatic heterocycles. The molecule has 0 bridgehead atoms. The first-order chi connectivity index (χ1) is 10.2. The van der Waals surface area contributed by atoms with E-state index in [-0.39, 0.29) is 18.6 Å². The monoisotopic (exact) mass is 295 g/mol. The zero-order valence-corrected chi connectivity index (χ0v) is 12.6. The number of likely N-dealkylation sites (tertiary alicyclic amines) is 1. The average Bonchev–Trinajstić information content (AvgIpc) is 3.01. The standard InChI is InChI=1S/C15H21NO5/c1-19-12-7-10(8-13(20-2)14(12)21-3)15(18)16-6-4-5-11(16)9-17/h7-8,11,17H,4-6,9H2,1-3H3. The van der Waals surface area contributed by atoms with Crippen molar-refractivity contribution in [2.45, 2.75) is 18.9 Å². The maximum atomic E-state index is 12.6. The van der Waals surface area contributed by atoms with Crippen molar-refractivity contribution in [3.05, 3.63) is 17.7 Å². The third-order valence-corrected chi connectivity index (χ3v) is 3.76. The van der Waals surface area contributed by atoms with Gasteiger partial charge in [0, 0.05) is 12.1 Å². The molecule has 2 rings (SSSR count). The molecule has 0 aliphatic carbocycles. The molecule has 21 heavy (non-hydrogen) atoms. The summed E-state index contributed by atoms with van der Waals surface area (Å²) in [4.78, 5) is 14.3. The van der Waals surface area contributed by atoms with Gasteiger partial charge in [0.15, 0.2) is 11.5 Å². The highest BCUT2D eigenvalue weighted by molar-refractivity contribution is 5.96. The Labute approximate surface area is 124 Å². The number of methoxy groups -OCH3 is 3. The topological polar surface area (TPSA) is 68.2 Å². The van der Waals surface area contributed by atoms with E-state index in [4.69, 9.17) is 14.2 Å². The van der Waals surface area contributed by atoms with Gasteiger partial charge in [-0.25, -0.2) is 0 Å². The molecule has 1 amide bonds. The summed E-state index contributed by atoms with van der Waals surface area (Å²) in [6, 6.07) is 3.16. The van der Waals surface area contributed by atoms with E-state index >= 15 is 0 Å². The number of aliphatic hydroxyl groups excluding tert-OH is 1. The molecule has 0 saturated carbocycles. The van der Waals surface area contributed by atoms with E-state index in [2.05, 4.69) is 0 Å². The molecule has 6 nitrogen and oxygen atoms in total. The maximum absolute atomic E-state index is 12.6. The van der Waals surface area contributed by atoms with Crippen LogP contribution in [0.5, 0.6) is 17.2 Å². The molecule has 0 aromatic heterocycles. The van der Waals surface area contributed by atoms with Gasteiger partial charge in [0.05, 0.1) is 34.0 Å². The first-order valence-corrected chi connectivity index (χ1v) is 6.88. The summed E-state index contributed by atoms with van der Waals surface area (Å²) in [5.41, 5.74) is 0.463. The molecule has 1 N–H and O–H groups in total. The molecular formula is C15H21NO5. The summed E-state index contributed by atoms with van der Waals surface area (Å²) in [6.07, 6.45) is 1.73. The van der Waals surface area contributed by atoms with E-state index < -0.39 is 0 Å². The molecule has 116 valence electrons. The number of ether oxygens (including phenoxy) is 3. The molecule has 1 fully saturated rings. The van der Waals surface area contributed by atoms with E-state index in [1.165, 1.54) is 21.3 Å². The normalized spacial score (nSPS) is 17.7. The van der Waals surface area contributed by atoms with Gasteiger partial charge < -0.3 is 24.2 Å². The quantitative estimate of drug-likeness (QED) is 0.887. The van der Waals surface area contributed by atoms with Crippen LogP contribution in [0.2, 0.25) is 0 Å². The van der Waals surface area contributed by atoms with Crippen LogP contribution in [0.3, 0.4) is 0 Å². The number of nitrogens with zero attached hydrogens (tertiary/aromatic N) is 1. The van der Waals surface area contributed by atoms with Gasteiger partial charge in [-0.15, -0.1) is 0 Å². The summed E-state index contributed by atoms with van der Waals surface area (Å²) < 4.78 is 15.8. The predicted octanol–water partition coefficient (Wildman–Crippen LogP) is 1.31. The SMILES string of the molecule is COc1cc(C(=O)N2CCCC2CO)cc(OC)c1OC. The Bertz CT molecular complexity index is 492. The lowest BCUT2D eigenvalue weighted by atomic mass is 10.1. The summed E-state index contributed by atoms with van der Waals surface area (Å²) in [7, 11) is 4.54. The highest BCUT2D eigenvalue weighted by Gasteiger charge is 2.30. The second-order valence-electron chi connectivity index (χ2n) is 4.89. The number of carbonyl (C=O) groups is 1. The average molecular weight is 295 g/mol. The summed E-state index contributed by atoms with van der Waals surface area (Å²) >= 11 is 0. The third kappa shape index (κ3) is 2.90. The fourth-order valence-electron chi connectivity index (χ4n) is 2.66. The van der Waals surface area contributed by atoms with Crippen molar-refractivity contribution in [3.63, 3.8) is 0 Å². The molecule has 1 aromatic rings. The summed E-state index contributed by atoms with van der Waals surface area (Å²) in [6.45, 7) is 0.636. The number of rotatable bonds is 5. The lowest BCUT2D eigenvalue weighted by Gasteiger charge is -2.24. The largest absolute Gasteiger partial charge is 0.493 e. The smallest absolute Gasteiger partial charge is 0.254 e. The molecule has 6 heteroatoms. The Morgan fingerprint density at radius 2 is 1.86 bits per heavy atom. The number of benzene rings is 1. The lowest BCUT2D eigenvalue weighted by molar-refractivity contribution is 0.0677. The maximum Gasteiger partial charge on any atom is 0.254 e. The molecule has 1 unspecified atom stereocenters. The number of aliphatic hydroxyl groups is 1. The van der Waals surface area contributed by atoms with E-state index in [0.717, 1.165) is 12.8 Å². The van der Waals surface area contributed by atoms with Crippen molar-refractivity contribution in [2.24, 2.45) is 0 Å². The zero-order chi connectivity index (χ0) is 15.4. The van der Waals surface area contributed by atoms with Crippen molar-refractivity contribution in [1.29, 1.82) is 0 Å². The van der Waals surface area contributed by atoms with E-state index in [1.54, 1.807) is 17.0 Å². The molecule has 1 atom stereocenters. The van der Waals surface area contributed by atoms with Crippen LogP contribution in [-0.4, -0.2) is 56.4 Å². The Morgan fingerprint density at radius 3 is 2.33 bits per heavy atom. The summed E-state index contributed by atoms with van der Waals surface area (Å²) in [5.74, 6) is 1.21. The molecule has 1 saturated heterocycles. The van der Waals surface area contributed by atoms with Gasteiger partial charge in [-0.2, -0.15) is 0 Å². The Balaban J connectivity index is 2.37. The number of carbonyl (C=O) groups excluding carboxylic acids is 1. The van der Waals surface area contributed by atoms with Crippen molar-refractivity contribution in [1.82, 2.24) is 4.90 Å². The van der Waals surface area contributed by atoms with E-state index in [9.17, 15) is 9.90 Å². The molecule has 0 spiro atoms. The predicted molar refractivity (Wildman–Crippen MR) is 77.2 cm³/mol.